The van der Waals surface area contributed by atoms with Crippen molar-refractivity contribution in [3.63, 3.8) is 0 Å². The molecule has 1 fully saturated rings. The lowest BCUT2D eigenvalue weighted by Crippen LogP contribution is -2.49. The van der Waals surface area contributed by atoms with Crippen LogP contribution in [-0.2, 0) is 22.6 Å². The SMILES string of the molecule is CC.CC.CCCCN(C)C(=O)C1C=CC=C(c2cc(O)c3c(c2)NC(=O)C(C2C=C/C=C\Cc4c2[nH]n(CCN2CCCC2)c4=O)N3C)C=C1. The number of aromatic amines is 1. The van der Waals surface area contributed by atoms with Gasteiger partial charge in [0.15, 0.2) is 0 Å². The van der Waals surface area contributed by atoms with Crippen molar-refractivity contribution in [1.82, 2.24) is 19.6 Å². The third-order valence-electron chi connectivity index (χ3n) is 9.79. The molecule has 3 N–H and O–H groups in total. The Morgan fingerprint density at radius 3 is 2.47 bits per heavy atom. The van der Waals surface area contributed by atoms with Crippen molar-refractivity contribution in [2.24, 2.45) is 5.92 Å². The first-order valence-electron chi connectivity index (χ1n) is 18.9. The monoisotopic (exact) mass is 698 g/mol. The summed E-state index contributed by atoms with van der Waals surface area (Å²) >= 11 is 0. The smallest absolute Gasteiger partial charge is 0.270 e. The summed E-state index contributed by atoms with van der Waals surface area (Å²) in [6.45, 7) is 14.3. The first kappa shape index (κ1) is 39.2. The largest absolute Gasteiger partial charge is 0.506 e. The van der Waals surface area contributed by atoms with Crippen LogP contribution in [0.1, 0.15) is 83.0 Å². The molecule has 0 radical (unpaired) electrons. The molecule has 2 aliphatic heterocycles. The van der Waals surface area contributed by atoms with Gasteiger partial charge in [0.25, 0.3) is 5.56 Å². The molecular formula is C41H58N6O4. The van der Waals surface area contributed by atoms with E-state index in [1.54, 1.807) is 15.6 Å². The lowest BCUT2D eigenvalue weighted by Gasteiger charge is -2.39. The molecule has 4 aliphatic rings. The van der Waals surface area contributed by atoms with Crippen molar-refractivity contribution < 1.29 is 14.7 Å². The molecule has 6 rings (SSSR count). The number of H-pyrrole nitrogens is 1. The van der Waals surface area contributed by atoms with Crippen LogP contribution in [-0.4, -0.2) is 82.8 Å². The molecule has 276 valence electrons. The predicted molar refractivity (Wildman–Crippen MR) is 209 cm³/mol. The quantitative estimate of drug-likeness (QED) is 0.271. The molecule has 0 bridgehead atoms. The fraction of sp³-hybridized carbons (Fsp3) is 0.488. The molecule has 10 heteroatoms. The lowest BCUT2D eigenvalue weighted by molar-refractivity contribution is -0.131. The molecule has 1 aromatic heterocycles. The average molecular weight is 699 g/mol. The Morgan fingerprint density at radius 1 is 1.00 bits per heavy atom. The van der Waals surface area contributed by atoms with E-state index in [1.165, 1.54) is 12.8 Å². The number of likely N-dealkylation sites (N-methyl/N-ethyl adjacent to an activating group) is 1. The number of nitrogens with one attached hydrogen (secondary N) is 2. The van der Waals surface area contributed by atoms with E-state index in [0.717, 1.165) is 55.9 Å². The number of carbonyl (C=O) groups is 2. The minimum Gasteiger partial charge on any atom is -0.506 e. The number of allylic oxidation sites excluding steroid dienone is 7. The maximum absolute atomic E-state index is 13.9. The number of unbranched alkanes of at least 4 members (excludes halogenated alkanes) is 1. The van der Waals surface area contributed by atoms with Gasteiger partial charge >= 0.3 is 0 Å². The molecule has 3 unspecified atom stereocenters. The van der Waals surface area contributed by atoms with Crippen LogP contribution in [0.4, 0.5) is 11.4 Å². The standard InChI is InChI=1S/C37H46N6O4.2C2H6/c1-4-5-18-40(2)36(46)26-13-11-12-25(16-17-26)27-23-30-34(31(44)24-27)41(3)33(35(45)38-30)28-14-7-6-8-15-29-32(28)39-43(37(29)47)22-21-42-19-9-10-20-42;2*1-2/h6-8,11-14,16-17,23-24,26,28,33,39,44H,4-5,9-10,15,18-22H2,1-3H3,(H,38,45);2*1-2H3/b8-6-,14-7?;;. The van der Waals surface area contributed by atoms with E-state index in [-0.39, 0.29) is 29.0 Å². The summed E-state index contributed by atoms with van der Waals surface area (Å²) in [7, 11) is 3.64. The summed E-state index contributed by atoms with van der Waals surface area (Å²) in [6.07, 6.45) is 22.0. The number of fused-ring (bicyclic) bond motifs is 2. The Kier molecular flexibility index (Phi) is 14.3. The van der Waals surface area contributed by atoms with E-state index in [2.05, 4.69) is 22.2 Å². The van der Waals surface area contributed by atoms with Gasteiger partial charge in [-0.25, -0.2) is 0 Å². The van der Waals surface area contributed by atoms with Crippen molar-refractivity contribution in [2.45, 2.75) is 85.2 Å². The third-order valence-corrected chi connectivity index (χ3v) is 9.79. The van der Waals surface area contributed by atoms with Gasteiger partial charge in [-0.2, -0.15) is 0 Å². The fourth-order valence-corrected chi connectivity index (χ4v) is 7.13. The molecule has 2 amide bonds. The molecule has 3 atom stereocenters. The number of rotatable bonds is 9. The molecular weight excluding hydrogens is 640 g/mol. The molecule has 0 saturated carbocycles. The predicted octanol–water partition coefficient (Wildman–Crippen LogP) is 6.62. The van der Waals surface area contributed by atoms with E-state index < -0.39 is 12.0 Å². The topological polar surface area (TPSA) is 114 Å². The maximum atomic E-state index is 13.9. The molecule has 10 nitrogen and oxygen atoms in total. The van der Waals surface area contributed by atoms with E-state index in [9.17, 15) is 19.5 Å². The summed E-state index contributed by atoms with van der Waals surface area (Å²) < 4.78 is 1.69. The molecule has 51 heavy (non-hydrogen) atoms. The van der Waals surface area contributed by atoms with E-state index in [4.69, 9.17) is 0 Å². The highest BCUT2D eigenvalue weighted by Crippen LogP contribution is 2.44. The number of hydrogen-bond donors (Lipinski definition) is 3. The minimum atomic E-state index is -0.706. The molecule has 0 spiro atoms. The summed E-state index contributed by atoms with van der Waals surface area (Å²) in [5.41, 5.74) is 3.90. The highest BCUT2D eigenvalue weighted by atomic mass is 16.3. The fourth-order valence-electron chi connectivity index (χ4n) is 7.13. The van der Waals surface area contributed by atoms with Crippen LogP contribution >= 0.6 is 0 Å². The van der Waals surface area contributed by atoms with Crippen molar-refractivity contribution in [3.05, 3.63) is 94.0 Å². The number of carbonyl (C=O) groups excluding carboxylic acids is 2. The van der Waals surface area contributed by atoms with Gasteiger partial charge in [-0.15, -0.1) is 0 Å². The zero-order valence-corrected chi connectivity index (χ0v) is 31.6. The minimum absolute atomic E-state index is 0.0334. The number of amides is 2. The Hall–Kier alpha value is -4.57. The first-order valence-corrected chi connectivity index (χ1v) is 18.9. The van der Waals surface area contributed by atoms with Crippen LogP contribution in [0.25, 0.3) is 5.57 Å². The van der Waals surface area contributed by atoms with Crippen LogP contribution in [0.15, 0.2) is 71.6 Å². The molecule has 2 aromatic rings. The van der Waals surface area contributed by atoms with Crippen molar-refractivity contribution >= 4 is 28.8 Å². The van der Waals surface area contributed by atoms with Crippen LogP contribution in [0.2, 0.25) is 0 Å². The number of anilines is 2. The Morgan fingerprint density at radius 2 is 1.75 bits per heavy atom. The second-order valence-electron chi connectivity index (χ2n) is 13.0. The van der Waals surface area contributed by atoms with Gasteiger partial charge in [-0.3, -0.25) is 24.2 Å². The normalized spacial score (nSPS) is 21.4. The number of phenolic OH excluding ortho intramolecular Hbond substituents is 1. The lowest BCUT2D eigenvalue weighted by atomic mass is 9.87. The zero-order valence-electron chi connectivity index (χ0n) is 31.6. The summed E-state index contributed by atoms with van der Waals surface area (Å²) in [4.78, 5) is 46.4. The number of phenols is 1. The number of hydrogen-bond acceptors (Lipinski definition) is 6. The van der Waals surface area contributed by atoms with E-state index >= 15 is 0 Å². The van der Waals surface area contributed by atoms with Gasteiger partial charge in [-0.1, -0.05) is 95.7 Å². The van der Waals surface area contributed by atoms with Crippen molar-refractivity contribution in [2.75, 3.05) is 50.5 Å². The average Bonchev–Trinajstić information content (AvgIpc) is 3.67. The van der Waals surface area contributed by atoms with Crippen LogP contribution in [0, 0.1) is 5.92 Å². The molecule has 2 aliphatic carbocycles. The highest BCUT2D eigenvalue weighted by Gasteiger charge is 2.40. The second-order valence-corrected chi connectivity index (χ2v) is 13.0. The second kappa shape index (κ2) is 18.6. The Bertz CT molecular complexity index is 1720. The number of aromatic hydroxyl groups is 1. The number of aromatic nitrogens is 2. The van der Waals surface area contributed by atoms with E-state index in [1.807, 2.05) is 107 Å². The number of benzene rings is 1. The highest BCUT2D eigenvalue weighted by molar-refractivity contribution is 6.06. The van der Waals surface area contributed by atoms with E-state index in [0.29, 0.717) is 29.9 Å². The molecule has 1 aromatic carbocycles. The zero-order chi connectivity index (χ0) is 37.1. The summed E-state index contributed by atoms with van der Waals surface area (Å²) in [6, 6.07) is 2.85. The van der Waals surface area contributed by atoms with Gasteiger partial charge in [0.1, 0.15) is 17.5 Å². The van der Waals surface area contributed by atoms with Gasteiger partial charge in [-0.05, 0) is 62.0 Å². The number of nitrogens with zero attached hydrogens (tertiary/aromatic N) is 4. The summed E-state index contributed by atoms with van der Waals surface area (Å²) in [5, 5.41) is 17.8. The number of likely N-dealkylation sites (tertiary alicyclic amines) is 1. The molecule has 3 heterocycles. The van der Waals surface area contributed by atoms with Gasteiger partial charge in [0.05, 0.1) is 23.8 Å². The van der Waals surface area contributed by atoms with Gasteiger partial charge < -0.3 is 25.1 Å². The molecule has 1 saturated heterocycles. The van der Waals surface area contributed by atoms with Crippen LogP contribution < -0.4 is 15.8 Å². The maximum Gasteiger partial charge on any atom is 0.270 e. The van der Waals surface area contributed by atoms with Crippen LogP contribution in [0.3, 0.4) is 0 Å². The van der Waals surface area contributed by atoms with Gasteiger partial charge in [0.2, 0.25) is 11.8 Å². The van der Waals surface area contributed by atoms with Gasteiger partial charge in [0, 0.05) is 38.7 Å². The summed E-state index contributed by atoms with van der Waals surface area (Å²) in [5.74, 6) is -0.972. The Labute approximate surface area is 303 Å². The first-order chi connectivity index (χ1) is 24.8. The van der Waals surface area contributed by atoms with Crippen LogP contribution in [0.5, 0.6) is 5.75 Å². The van der Waals surface area contributed by atoms with Crippen molar-refractivity contribution in [3.8, 4) is 5.75 Å². The Balaban J connectivity index is 0.00000141. The third kappa shape index (κ3) is 8.84. The van der Waals surface area contributed by atoms with Crippen molar-refractivity contribution in [1.29, 1.82) is 0 Å².